The summed E-state index contributed by atoms with van der Waals surface area (Å²) < 4.78 is 4.92. The summed E-state index contributed by atoms with van der Waals surface area (Å²) in [5.74, 6) is -0.313. The van der Waals surface area contributed by atoms with Gasteiger partial charge in [-0.05, 0) is 25.3 Å². The van der Waals surface area contributed by atoms with Crippen LogP contribution in [0.1, 0.15) is 25.3 Å². The number of hydrogen-bond acceptors (Lipinski definition) is 4. The number of ether oxygens (including phenoxy) is 1. The highest BCUT2D eigenvalue weighted by Crippen LogP contribution is 2.09. The second-order valence-electron chi connectivity index (χ2n) is 5.43. The van der Waals surface area contributed by atoms with Crippen LogP contribution in [0.2, 0.25) is 0 Å². The van der Waals surface area contributed by atoms with Gasteiger partial charge >= 0.3 is 5.97 Å². The average Bonchev–Trinajstić information content (AvgIpc) is 2.52. The fraction of sp³-hybridized carbons (Fsp3) is 0.529. The highest BCUT2D eigenvalue weighted by molar-refractivity contribution is 5.87. The van der Waals surface area contributed by atoms with Gasteiger partial charge in [0.05, 0.1) is 19.1 Å². The molecule has 120 valence electrons. The van der Waals surface area contributed by atoms with Gasteiger partial charge in [0, 0.05) is 19.6 Å². The van der Waals surface area contributed by atoms with E-state index in [4.69, 9.17) is 4.74 Å². The van der Waals surface area contributed by atoms with Crippen molar-refractivity contribution in [3.8, 4) is 0 Å². The maximum absolute atomic E-state index is 12.4. The molecule has 1 fully saturated rings. The van der Waals surface area contributed by atoms with Gasteiger partial charge in [-0.25, -0.2) is 0 Å². The van der Waals surface area contributed by atoms with Gasteiger partial charge in [-0.15, -0.1) is 0 Å². The molecule has 5 nitrogen and oxygen atoms in total. The zero-order chi connectivity index (χ0) is 15.8. The molecule has 1 N–H and O–H groups in total. The standard InChI is InChI=1S/C17H24N2O3/c1-2-22-16(20)13-15-17(21)19(12-10-18-15)11-6-9-14-7-4-3-5-8-14/h3-5,7-8,15,18H,2,6,9-13H2,1H3. The van der Waals surface area contributed by atoms with Crippen LogP contribution in [0.25, 0.3) is 0 Å². The largest absolute Gasteiger partial charge is 0.466 e. The fourth-order valence-electron chi connectivity index (χ4n) is 2.68. The summed E-state index contributed by atoms with van der Waals surface area (Å²) in [6, 6.07) is 9.82. The molecule has 1 aliphatic heterocycles. The number of rotatable bonds is 7. The van der Waals surface area contributed by atoms with Crippen LogP contribution in [0.4, 0.5) is 0 Å². The average molecular weight is 304 g/mol. The van der Waals surface area contributed by atoms with Gasteiger partial charge in [-0.3, -0.25) is 9.59 Å². The summed E-state index contributed by atoms with van der Waals surface area (Å²) in [7, 11) is 0. The third-order valence-corrected chi connectivity index (χ3v) is 3.79. The molecule has 0 bridgehead atoms. The molecule has 1 aliphatic rings. The monoisotopic (exact) mass is 304 g/mol. The van der Waals surface area contributed by atoms with Crippen LogP contribution < -0.4 is 5.32 Å². The van der Waals surface area contributed by atoms with E-state index in [1.807, 2.05) is 23.1 Å². The van der Waals surface area contributed by atoms with Crippen molar-refractivity contribution in [3.63, 3.8) is 0 Å². The Kier molecular flexibility index (Phi) is 6.40. The molecular weight excluding hydrogens is 280 g/mol. The van der Waals surface area contributed by atoms with Crippen molar-refractivity contribution in [2.24, 2.45) is 0 Å². The molecule has 1 aromatic carbocycles. The van der Waals surface area contributed by atoms with Crippen molar-refractivity contribution >= 4 is 11.9 Å². The lowest BCUT2D eigenvalue weighted by Gasteiger charge is -2.32. The lowest BCUT2D eigenvalue weighted by molar-refractivity contribution is -0.148. The van der Waals surface area contributed by atoms with Gasteiger partial charge in [0.15, 0.2) is 0 Å². The molecule has 0 aromatic heterocycles. The summed E-state index contributed by atoms with van der Waals surface area (Å²) in [6.07, 6.45) is 2.00. The van der Waals surface area contributed by atoms with Gasteiger partial charge in [-0.2, -0.15) is 0 Å². The number of benzene rings is 1. The van der Waals surface area contributed by atoms with E-state index in [1.165, 1.54) is 5.56 Å². The molecule has 0 spiro atoms. The van der Waals surface area contributed by atoms with Crippen LogP contribution >= 0.6 is 0 Å². The van der Waals surface area contributed by atoms with Crippen molar-refractivity contribution in [2.45, 2.75) is 32.2 Å². The minimum Gasteiger partial charge on any atom is -0.466 e. The molecule has 0 aliphatic carbocycles. The summed E-state index contributed by atoms with van der Waals surface area (Å²) in [5.41, 5.74) is 1.29. The second-order valence-corrected chi connectivity index (χ2v) is 5.43. The fourth-order valence-corrected chi connectivity index (χ4v) is 2.68. The Hall–Kier alpha value is -1.88. The van der Waals surface area contributed by atoms with E-state index in [1.54, 1.807) is 6.92 Å². The Labute approximate surface area is 131 Å². The number of carbonyl (C=O) groups is 2. The van der Waals surface area contributed by atoms with Crippen molar-refractivity contribution in [2.75, 3.05) is 26.2 Å². The highest BCUT2D eigenvalue weighted by atomic mass is 16.5. The molecule has 1 heterocycles. The van der Waals surface area contributed by atoms with Crippen molar-refractivity contribution in [1.29, 1.82) is 0 Å². The van der Waals surface area contributed by atoms with Gasteiger partial charge in [0.2, 0.25) is 5.91 Å². The molecule has 5 heteroatoms. The Morgan fingerprint density at radius 1 is 1.36 bits per heavy atom. The van der Waals surface area contributed by atoms with Crippen LogP contribution in [0.15, 0.2) is 30.3 Å². The summed E-state index contributed by atoms with van der Waals surface area (Å²) in [4.78, 5) is 25.7. The first-order chi connectivity index (χ1) is 10.7. The molecule has 1 atom stereocenters. The van der Waals surface area contributed by atoms with E-state index >= 15 is 0 Å². The van der Waals surface area contributed by atoms with Crippen LogP contribution in [0, 0.1) is 0 Å². The smallest absolute Gasteiger partial charge is 0.307 e. The lowest BCUT2D eigenvalue weighted by atomic mass is 10.1. The van der Waals surface area contributed by atoms with Crippen molar-refractivity contribution in [1.82, 2.24) is 10.2 Å². The van der Waals surface area contributed by atoms with Crippen molar-refractivity contribution in [3.05, 3.63) is 35.9 Å². The van der Waals surface area contributed by atoms with E-state index in [-0.39, 0.29) is 18.3 Å². The predicted molar refractivity (Wildman–Crippen MR) is 84.4 cm³/mol. The van der Waals surface area contributed by atoms with Gasteiger partial charge in [0.1, 0.15) is 0 Å². The van der Waals surface area contributed by atoms with E-state index in [0.717, 1.165) is 25.9 Å². The predicted octanol–water partition coefficient (Wildman–Crippen LogP) is 1.37. The van der Waals surface area contributed by atoms with E-state index < -0.39 is 6.04 Å². The summed E-state index contributed by atoms with van der Waals surface area (Å²) in [6.45, 7) is 4.27. The van der Waals surface area contributed by atoms with Crippen LogP contribution in [0.3, 0.4) is 0 Å². The maximum Gasteiger partial charge on any atom is 0.307 e. The Morgan fingerprint density at radius 2 is 2.14 bits per heavy atom. The van der Waals surface area contributed by atoms with Crippen LogP contribution in [0.5, 0.6) is 0 Å². The number of piperazine rings is 1. The lowest BCUT2D eigenvalue weighted by Crippen LogP contribution is -2.55. The Balaban J connectivity index is 1.78. The molecular formula is C17H24N2O3. The van der Waals surface area contributed by atoms with Gasteiger partial charge in [0.25, 0.3) is 0 Å². The summed E-state index contributed by atoms with van der Waals surface area (Å²) >= 11 is 0. The molecule has 0 radical (unpaired) electrons. The zero-order valence-electron chi connectivity index (χ0n) is 13.1. The topological polar surface area (TPSA) is 58.6 Å². The first-order valence-corrected chi connectivity index (χ1v) is 7.92. The molecule has 2 rings (SSSR count). The van der Waals surface area contributed by atoms with Gasteiger partial charge < -0.3 is 15.0 Å². The number of amides is 1. The first-order valence-electron chi connectivity index (χ1n) is 7.92. The maximum atomic E-state index is 12.4. The van der Waals surface area contributed by atoms with Crippen LogP contribution in [-0.2, 0) is 20.7 Å². The highest BCUT2D eigenvalue weighted by Gasteiger charge is 2.30. The quantitative estimate of drug-likeness (QED) is 0.773. The van der Waals surface area contributed by atoms with E-state index in [0.29, 0.717) is 13.2 Å². The molecule has 1 aromatic rings. The Morgan fingerprint density at radius 3 is 2.86 bits per heavy atom. The Bertz CT molecular complexity index is 490. The number of nitrogens with one attached hydrogen (secondary N) is 1. The molecule has 1 unspecified atom stereocenters. The van der Waals surface area contributed by atoms with Gasteiger partial charge in [-0.1, -0.05) is 30.3 Å². The summed E-state index contributed by atoms with van der Waals surface area (Å²) in [5, 5.41) is 3.10. The number of nitrogens with zero attached hydrogens (tertiary/aromatic N) is 1. The molecule has 0 saturated carbocycles. The molecule has 1 amide bonds. The zero-order valence-corrected chi connectivity index (χ0v) is 13.1. The number of carbonyl (C=O) groups excluding carboxylic acids is 2. The van der Waals surface area contributed by atoms with Crippen molar-refractivity contribution < 1.29 is 14.3 Å². The SMILES string of the molecule is CCOC(=O)CC1NCCN(CCCc2ccccc2)C1=O. The number of esters is 1. The second kappa shape index (κ2) is 8.54. The molecule has 22 heavy (non-hydrogen) atoms. The normalized spacial score (nSPS) is 18.3. The third kappa shape index (κ3) is 4.84. The van der Waals surface area contributed by atoms with E-state index in [2.05, 4.69) is 17.4 Å². The van der Waals surface area contributed by atoms with Crippen LogP contribution in [-0.4, -0.2) is 49.1 Å². The number of hydrogen-bond donors (Lipinski definition) is 1. The minimum atomic E-state index is -0.440. The minimum absolute atomic E-state index is 0.00682. The molecule has 1 saturated heterocycles. The third-order valence-electron chi connectivity index (χ3n) is 3.79. The van der Waals surface area contributed by atoms with E-state index in [9.17, 15) is 9.59 Å². The first kappa shape index (κ1) is 16.5. The number of aryl methyl sites for hydroxylation is 1.